The van der Waals surface area contributed by atoms with E-state index in [1.165, 1.54) is 0 Å². The first-order valence-corrected chi connectivity index (χ1v) is 14.9. The summed E-state index contributed by atoms with van der Waals surface area (Å²) in [6, 6.07) is 22.7. The van der Waals surface area contributed by atoms with Gasteiger partial charge < -0.3 is 4.57 Å². The summed E-state index contributed by atoms with van der Waals surface area (Å²) in [6.07, 6.45) is 0. The molecule has 1 aliphatic carbocycles. The van der Waals surface area contributed by atoms with Gasteiger partial charge in [0.2, 0.25) is 0 Å². The summed E-state index contributed by atoms with van der Waals surface area (Å²) < 4.78 is 91.4. The molecule has 8 aromatic rings. The number of para-hydroxylation sites is 1. The Morgan fingerprint density at radius 3 is 1.87 bits per heavy atom. The number of aromatic nitrogens is 4. The van der Waals surface area contributed by atoms with E-state index in [0.717, 1.165) is 11.1 Å². The fourth-order valence-electron chi connectivity index (χ4n) is 6.33. The fraction of sp³-hybridized carbons (Fsp3) is 0.0714. The smallest absolute Gasteiger partial charge is 0.164 e. The topological polar surface area (TPSA) is 43.6 Å². The number of fused-ring (bicyclic) bond motifs is 6. The normalized spacial score (nSPS) is 16.2. The van der Waals surface area contributed by atoms with Gasteiger partial charge in [-0.25, -0.2) is 15.0 Å². The first-order valence-electron chi connectivity index (χ1n) is 19.9. The van der Waals surface area contributed by atoms with Gasteiger partial charge in [0.05, 0.1) is 24.7 Å². The van der Waals surface area contributed by atoms with Crippen molar-refractivity contribution in [1.29, 1.82) is 0 Å². The van der Waals surface area contributed by atoms with Gasteiger partial charge in [-0.1, -0.05) is 129 Å². The van der Waals surface area contributed by atoms with E-state index < -0.39 is 35.6 Å². The number of nitrogens with zero attached hydrogens (tertiary/aromatic N) is 4. The SMILES string of the molecule is [2H]c1c([2H])c([2H])c2c(c1[2H])-c1c(c([2H])c3c(c1[2H])c1c([2H])c([2H])c([2H])c([2H])c1n3-c1cccc(-c3nc(-c4ccccc4)nc(-c4ccccc4)n3)c1)C2(C)C. The molecule has 0 bridgehead atoms. The Hall–Kier alpha value is -5.87. The molecule has 0 fully saturated rings. The van der Waals surface area contributed by atoms with Crippen molar-refractivity contribution in [3.05, 3.63) is 156 Å². The molecule has 0 spiro atoms. The summed E-state index contributed by atoms with van der Waals surface area (Å²) in [4.78, 5) is 14.5. The third-order valence-corrected chi connectivity index (χ3v) is 8.59. The van der Waals surface area contributed by atoms with Crippen LogP contribution in [-0.4, -0.2) is 19.5 Å². The average Bonchev–Trinajstić information content (AvgIpc) is 3.71. The molecule has 0 saturated carbocycles. The van der Waals surface area contributed by atoms with E-state index >= 15 is 0 Å². The predicted octanol–water partition coefficient (Wildman–Crippen LogP) is 10.3. The Kier molecular flexibility index (Phi) is 3.98. The first-order chi connectivity index (χ1) is 26.7. The summed E-state index contributed by atoms with van der Waals surface area (Å²) in [5, 5.41) is 0.109. The fourth-order valence-corrected chi connectivity index (χ4v) is 6.33. The second kappa shape index (κ2) is 10.1. The van der Waals surface area contributed by atoms with E-state index in [1.807, 2.05) is 66.7 Å². The molecule has 6 aromatic carbocycles. The van der Waals surface area contributed by atoms with Crippen LogP contribution in [0.25, 0.3) is 72.8 Å². The highest BCUT2D eigenvalue weighted by atomic mass is 15.0. The van der Waals surface area contributed by atoms with Crippen LogP contribution in [0.4, 0.5) is 0 Å². The van der Waals surface area contributed by atoms with Gasteiger partial charge in [0.25, 0.3) is 0 Å². The highest BCUT2D eigenvalue weighted by Gasteiger charge is 2.36. The van der Waals surface area contributed by atoms with Gasteiger partial charge in [-0.15, -0.1) is 0 Å². The summed E-state index contributed by atoms with van der Waals surface area (Å²) in [6.45, 7) is 3.53. The highest BCUT2D eigenvalue weighted by Crippen LogP contribution is 2.51. The summed E-state index contributed by atoms with van der Waals surface area (Å²) in [5.41, 5.74) is 2.46. The van der Waals surface area contributed by atoms with Gasteiger partial charge in [-0.2, -0.15) is 0 Å². The Bertz CT molecular complexity index is 2940. The van der Waals surface area contributed by atoms with E-state index in [9.17, 15) is 2.74 Å². The Balaban J connectivity index is 1.38. The molecule has 9 rings (SSSR count). The highest BCUT2D eigenvalue weighted by molar-refractivity contribution is 6.11. The van der Waals surface area contributed by atoms with Crippen LogP contribution in [-0.2, 0) is 5.41 Å². The van der Waals surface area contributed by atoms with Crippen LogP contribution >= 0.6 is 0 Å². The standard InChI is InChI=1S/C42H30N4/c1-42(2)35-22-11-9-20-31(35)33-25-34-32-21-10-12-23-37(32)46(38(34)26-36(33)42)30-19-13-18-29(24-30)41-44-39(27-14-5-3-6-15-27)43-40(45-41)28-16-7-4-8-17-28/h3-26H,1-2H3/i9D,10D,11D,12D,20D,21D,22D,23D,25D,26D. The lowest BCUT2D eigenvalue weighted by atomic mass is 9.82. The van der Waals surface area contributed by atoms with Crippen LogP contribution in [0.3, 0.4) is 0 Å². The molecule has 46 heavy (non-hydrogen) atoms. The predicted molar refractivity (Wildman–Crippen MR) is 188 cm³/mol. The lowest BCUT2D eigenvalue weighted by Crippen LogP contribution is -2.14. The minimum absolute atomic E-state index is 0.0303. The molecular weight excluding hydrogens is 560 g/mol. The number of hydrogen-bond acceptors (Lipinski definition) is 3. The van der Waals surface area contributed by atoms with Gasteiger partial charge in [-0.05, 0) is 52.5 Å². The summed E-state index contributed by atoms with van der Waals surface area (Å²) in [5.74, 6) is 1.24. The van der Waals surface area contributed by atoms with Crippen LogP contribution in [0.15, 0.2) is 145 Å². The van der Waals surface area contributed by atoms with E-state index in [1.54, 1.807) is 36.6 Å². The van der Waals surface area contributed by atoms with Crippen molar-refractivity contribution in [2.45, 2.75) is 19.3 Å². The molecule has 0 aliphatic heterocycles. The quantitative estimate of drug-likeness (QED) is 0.202. The van der Waals surface area contributed by atoms with Gasteiger partial charge in [-0.3, -0.25) is 0 Å². The van der Waals surface area contributed by atoms with Crippen molar-refractivity contribution in [1.82, 2.24) is 19.5 Å². The number of rotatable bonds is 4. The van der Waals surface area contributed by atoms with Crippen LogP contribution in [0, 0.1) is 0 Å². The van der Waals surface area contributed by atoms with Crippen molar-refractivity contribution in [3.8, 4) is 51.0 Å². The zero-order chi connectivity index (χ0) is 39.5. The van der Waals surface area contributed by atoms with E-state index in [2.05, 4.69) is 0 Å². The Morgan fingerprint density at radius 1 is 0.543 bits per heavy atom. The average molecular weight is 601 g/mol. The van der Waals surface area contributed by atoms with Crippen molar-refractivity contribution >= 4 is 21.8 Å². The van der Waals surface area contributed by atoms with Crippen LogP contribution in [0.2, 0.25) is 0 Å². The molecule has 218 valence electrons. The maximum atomic E-state index is 9.86. The lowest BCUT2D eigenvalue weighted by Gasteiger charge is -2.21. The molecule has 1 aliphatic rings. The maximum Gasteiger partial charge on any atom is 0.164 e. The van der Waals surface area contributed by atoms with Crippen LogP contribution in [0.5, 0.6) is 0 Å². The minimum atomic E-state index is -1.15. The van der Waals surface area contributed by atoms with Crippen molar-refractivity contribution in [2.24, 2.45) is 0 Å². The van der Waals surface area contributed by atoms with Gasteiger partial charge >= 0.3 is 0 Å². The monoisotopic (exact) mass is 600 g/mol. The van der Waals surface area contributed by atoms with Crippen LogP contribution < -0.4 is 0 Å². The number of hydrogen-bond donors (Lipinski definition) is 0. The molecule has 0 unspecified atom stereocenters. The summed E-state index contributed by atoms with van der Waals surface area (Å²) >= 11 is 0. The summed E-state index contributed by atoms with van der Waals surface area (Å²) in [7, 11) is 0. The molecule has 0 N–H and O–H groups in total. The zero-order valence-electron chi connectivity index (χ0n) is 34.9. The molecule has 0 amide bonds. The second-order valence-electron chi connectivity index (χ2n) is 11.7. The molecule has 0 atom stereocenters. The van der Waals surface area contributed by atoms with Crippen molar-refractivity contribution in [2.75, 3.05) is 0 Å². The largest absolute Gasteiger partial charge is 0.309 e. The Morgan fingerprint density at radius 2 is 1.15 bits per heavy atom. The molecule has 0 radical (unpaired) electrons. The molecule has 2 heterocycles. The molecule has 4 nitrogen and oxygen atoms in total. The third-order valence-electron chi connectivity index (χ3n) is 8.59. The third kappa shape index (κ3) is 4.04. The zero-order valence-corrected chi connectivity index (χ0v) is 24.9. The van der Waals surface area contributed by atoms with Gasteiger partial charge in [0.15, 0.2) is 17.5 Å². The van der Waals surface area contributed by atoms with E-state index in [0.29, 0.717) is 34.3 Å². The van der Waals surface area contributed by atoms with Gasteiger partial charge in [0, 0.05) is 38.6 Å². The molecule has 2 aromatic heterocycles. The second-order valence-corrected chi connectivity index (χ2v) is 11.7. The number of benzene rings is 6. The molecule has 0 saturated heterocycles. The minimum Gasteiger partial charge on any atom is -0.309 e. The maximum absolute atomic E-state index is 9.86. The molecule has 4 heteroatoms. The van der Waals surface area contributed by atoms with E-state index in [-0.39, 0.29) is 68.7 Å². The van der Waals surface area contributed by atoms with Gasteiger partial charge in [0.1, 0.15) is 0 Å². The van der Waals surface area contributed by atoms with Crippen molar-refractivity contribution in [3.63, 3.8) is 0 Å². The van der Waals surface area contributed by atoms with E-state index in [4.69, 9.17) is 25.9 Å². The molecular formula is C42H30N4. The first kappa shape index (κ1) is 18.2. The lowest BCUT2D eigenvalue weighted by molar-refractivity contribution is 0.661. The van der Waals surface area contributed by atoms with Crippen LogP contribution in [0.1, 0.15) is 38.7 Å². The van der Waals surface area contributed by atoms with Crippen molar-refractivity contribution < 1.29 is 13.7 Å². The Labute approximate surface area is 281 Å².